The summed E-state index contributed by atoms with van der Waals surface area (Å²) in [4.78, 5) is 4.68. The maximum Gasteiger partial charge on any atom is 0.127 e. The summed E-state index contributed by atoms with van der Waals surface area (Å²) in [5.41, 5.74) is 10.5. The summed E-state index contributed by atoms with van der Waals surface area (Å²) in [7, 11) is 0. The lowest BCUT2D eigenvalue weighted by Gasteiger charge is -2.20. The first-order chi connectivity index (χ1) is 17.0. The fourth-order valence-corrected chi connectivity index (χ4v) is 4.92. The molecule has 5 aromatic rings. The molecular formula is C30H24N2O3. The second kappa shape index (κ2) is 8.06. The Balaban J connectivity index is 1.65. The Labute approximate surface area is 202 Å². The molecule has 0 amide bonds. The van der Waals surface area contributed by atoms with Gasteiger partial charge in [-0.1, -0.05) is 54.6 Å². The highest BCUT2D eigenvalue weighted by atomic mass is 16.5. The normalized spacial score (nSPS) is 15.3. The van der Waals surface area contributed by atoms with E-state index in [1.165, 1.54) is 0 Å². The van der Waals surface area contributed by atoms with Gasteiger partial charge in [0.1, 0.15) is 29.7 Å². The van der Waals surface area contributed by atoms with E-state index in [1.54, 1.807) is 18.2 Å². The van der Waals surface area contributed by atoms with Crippen LogP contribution < -0.4 is 10.5 Å². The third kappa shape index (κ3) is 3.53. The number of rotatable bonds is 1. The highest BCUT2D eigenvalue weighted by Gasteiger charge is 2.19. The van der Waals surface area contributed by atoms with Gasteiger partial charge in [-0.05, 0) is 64.5 Å². The summed E-state index contributed by atoms with van der Waals surface area (Å²) >= 11 is 0. The van der Waals surface area contributed by atoms with E-state index in [0.717, 1.165) is 49.5 Å². The first-order valence-electron chi connectivity index (χ1n) is 11.6. The minimum atomic E-state index is -0.106. The lowest BCUT2D eigenvalue weighted by molar-refractivity contribution is 0.298. The molecular weight excluding hydrogens is 436 g/mol. The van der Waals surface area contributed by atoms with E-state index in [4.69, 9.17) is 10.5 Å². The molecule has 5 aromatic carbocycles. The summed E-state index contributed by atoms with van der Waals surface area (Å²) in [5.74, 6) is 1.35. The average molecular weight is 461 g/mol. The zero-order chi connectivity index (χ0) is 24.1. The van der Waals surface area contributed by atoms with Gasteiger partial charge in [-0.15, -0.1) is 0 Å². The zero-order valence-corrected chi connectivity index (χ0v) is 19.2. The van der Waals surface area contributed by atoms with Gasteiger partial charge in [0.2, 0.25) is 0 Å². The largest absolute Gasteiger partial charge is 0.507 e. The molecule has 35 heavy (non-hydrogen) atoms. The topological polar surface area (TPSA) is 88.1 Å². The molecule has 1 heterocycles. The van der Waals surface area contributed by atoms with Crippen molar-refractivity contribution in [3.8, 4) is 39.5 Å². The lowest BCUT2D eigenvalue weighted by atomic mass is 9.91. The smallest absolute Gasteiger partial charge is 0.127 e. The molecule has 6 rings (SSSR count). The van der Waals surface area contributed by atoms with Gasteiger partial charge in [0.05, 0.1) is 11.6 Å². The van der Waals surface area contributed by atoms with Crippen LogP contribution in [0.1, 0.15) is 12.5 Å². The molecule has 0 fully saturated rings. The van der Waals surface area contributed by atoms with Gasteiger partial charge in [-0.25, -0.2) is 0 Å². The highest BCUT2D eigenvalue weighted by molar-refractivity contribution is 6.14. The van der Waals surface area contributed by atoms with Gasteiger partial charge in [0.15, 0.2) is 0 Å². The number of benzene rings is 5. The van der Waals surface area contributed by atoms with Gasteiger partial charge in [0, 0.05) is 16.5 Å². The van der Waals surface area contributed by atoms with Crippen LogP contribution in [0.3, 0.4) is 0 Å². The van der Waals surface area contributed by atoms with Crippen LogP contribution in [0.15, 0.2) is 89.9 Å². The van der Waals surface area contributed by atoms with Gasteiger partial charge in [-0.3, -0.25) is 4.99 Å². The van der Waals surface area contributed by atoms with Gasteiger partial charge < -0.3 is 20.7 Å². The highest BCUT2D eigenvalue weighted by Crippen LogP contribution is 2.42. The lowest BCUT2D eigenvalue weighted by Crippen LogP contribution is -2.21. The number of hydrogen-bond acceptors (Lipinski definition) is 5. The minimum Gasteiger partial charge on any atom is -0.507 e. The molecule has 1 unspecified atom stereocenters. The Bertz CT molecular complexity index is 1630. The van der Waals surface area contributed by atoms with Crippen LogP contribution >= 0.6 is 0 Å². The SMILES string of the molecule is CC1COc2cc3ccc(-c4c(O)cccc4O)cc3cc2-c2cccc3cccc(c23)C(N)=N1. The van der Waals surface area contributed by atoms with Crippen molar-refractivity contribution in [1.29, 1.82) is 0 Å². The number of nitrogens with two attached hydrogens (primary N) is 1. The quantitative estimate of drug-likeness (QED) is 0.277. The molecule has 4 N–H and O–H groups in total. The molecule has 0 saturated carbocycles. The predicted molar refractivity (Wildman–Crippen MR) is 141 cm³/mol. The number of amidine groups is 1. The number of phenolic OH excluding ortho intramolecular Hbond substituents is 2. The Hall–Kier alpha value is -4.51. The number of nitrogens with zero attached hydrogens (tertiary/aromatic N) is 1. The van der Waals surface area contributed by atoms with Crippen molar-refractivity contribution in [2.45, 2.75) is 13.0 Å². The second-order valence-electron chi connectivity index (χ2n) is 8.97. The third-order valence-electron chi connectivity index (χ3n) is 6.56. The number of hydrogen-bond donors (Lipinski definition) is 3. The first kappa shape index (κ1) is 21.1. The van der Waals surface area contributed by atoms with Crippen molar-refractivity contribution in [2.75, 3.05) is 6.61 Å². The van der Waals surface area contributed by atoms with E-state index in [9.17, 15) is 10.2 Å². The maximum absolute atomic E-state index is 10.4. The molecule has 0 saturated heterocycles. The number of phenols is 2. The summed E-state index contributed by atoms with van der Waals surface area (Å²) in [6.07, 6.45) is 0. The molecule has 0 aliphatic carbocycles. The standard InChI is InChI=1S/C30H24N2O3/c1-17-16-35-27-15-19-11-12-20(29-25(33)9-4-10-26(29)34)13-21(19)14-24(27)22-7-2-5-18-6-3-8-23(28(18)22)30(31)32-17/h2-15,17,33-34H,16H2,1H3,(H2,31,32). The monoisotopic (exact) mass is 460 g/mol. The molecule has 172 valence electrons. The molecule has 1 aliphatic rings. The molecule has 0 aromatic heterocycles. The zero-order valence-electron chi connectivity index (χ0n) is 19.2. The van der Waals surface area contributed by atoms with Crippen LogP contribution in [0.2, 0.25) is 0 Å². The molecule has 1 atom stereocenters. The number of aromatic hydroxyl groups is 2. The van der Waals surface area contributed by atoms with Gasteiger partial charge >= 0.3 is 0 Å². The van der Waals surface area contributed by atoms with Crippen LogP contribution in [0.25, 0.3) is 43.8 Å². The molecule has 5 nitrogen and oxygen atoms in total. The van der Waals surface area contributed by atoms with Crippen molar-refractivity contribution in [3.63, 3.8) is 0 Å². The Morgan fingerprint density at radius 2 is 1.49 bits per heavy atom. The van der Waals surface area contributed by atoms with Crippen LogP contribution in [-0.4, -0.2) is 28.7 Å². The van der Waals surface area contributed by atoms with Crippen molar-refractivity contribution >= 4 is 27.4 Å². The predicted octanol–water partition coefficient (Wildman–Crippen LogP) is 6.22. The van der Waals surface area contributed by atoms with E-state index in [0.29, 0.717) is 18.0 Å². The van der Waals surface area contributed by atoms with E-state index < -0.39 is 0 Å². The molecule has 0 radical (unpaired) electrons. The third-order valence-corrected chi connectivity index (χ3v) is 6.56. The van der Waals surface area contributed by atoms with Crippen molar-refractivity contribution in [3.05, 3.63) is 90.5 Å². The average Bonchev–Trinajstić information content (AvgIpc) is 2.85. The van der Waals surface area contributed by atoms with E-state index in [2.05, 4.69) is 29.3 Å². The Morgan fingerprint density at radius 1 is 0.771 bits per heavy atom. The minimum absolute atomic E-state index is 0.0362. The molecule has 1 aliphatic heterocycles. The second-order valence-corrected chi connectivity index (χ2v) is 8.97. The first-order valence-corrected chi connectivity index (χ1v) is 11.6. The number of ether oxygens (including phenoxy) is 1. The van der Waals surface area contributed by atoms with E-state index in [-0.39, 0.29) is 17.5 Å². The van der Waals surface area contributed by atoms with Gasteiger partial charge in [0.25, 0.3) is 0 Å². The summed E-state index contributed by atoms with van der Waals surface area (Å²) in [6, 6.07) is 27.0. The summed E-state index contributed by atoms with van der Waals surface area (Å²) in [6.45, 7) is 2.40. The Morgan fingerprint density at radius 3 is 2.26 bits per heavy atom. The van der Waals surface area contributed by atoms with E-state index in [1.807, 2.05) is 49.4 Å². The van der Waals surface area contributed by atoms with Crippen molar-refractivity contribution in [2.24, 2.45) is 10.7 Å². The van der Waals surface area contributed by atoms with Crippen molar-refractivity contribution in [1.82, 2.24) is 0 Å². The van der Waals surface area contributed by atoms with Crippen LogP contribution in [0.4, 0.5) is 0 Å². The van der Waals surface area contributed by atoms with Crippen LogP contribution in [0, 0.1) is 0 Å². The van der Waals surface area contributed by atoms with E-state index >= 15 is 0 Å². The number of fused-ring (bicyclic) bond motifs is 3. The maximum atomic E-state index is 10.4. The fraction of sp³-hybridized carbons (Fsp3) is 0.100. The van der Waals surface area contributed by atoms with Gasteiger partial charge in [-0.2, -0.15) is 0 Å². The van der Waals surface area contributed by atoms with Crippen LogP contribution in [0.5, 0.6) is 17.2 Å². The van der Waals surface area contributed by atoms with Crippen molar-refractivity contribution < 1.29 is 14.9 Å². The summed E-state index contributed by atoms with van der Waals surface area (Å²) < 4.78 is 6.29. The summed E-state index contributed by atoms with van der Waals surface area (Å²) in [5, 5.41) is 24.9. The molecule has 0 spiro atoms. The van der Waals surface area contributed by atoms with Crippen LogP contribution in [-0.2, 0) is 0 Å². The molecule has 5 heteroatoms. The fourth-order valence-electron chi connectivity index (χ4n) is 4.92. The molecule has 0 bridgehead atoms. The number of aliphatic imine (C=N–C) groups is 1. The Kier molecular flexibility index (Phi) is 4.85.